The number of fused-ring (bicyclic) bond motifs is 2. The maximum absolute atomic E-state index is 15.0. The molecule has 5 rings (SSSR count). The van der Waals surface area contributed by atoms with Crippen LogP contribution in [0.5, 0.6) is 0 Å². The van der Waals surface area contributed by atoms with Crippen molar-refractivity contribution in [3.05, 3.63) is 59.9 Å². The number of ether oxygens (including phenoxy) is 4. The fraction of sp³-hybridized carbons (Fsp3) is 0.519. The van der Waals surface area contributed by atoms with Crippen molar-refractivity contribution in [3.8, 4) is 0 Å². The van der Waals surface area contributed by atoms with E-state index in [-0.39, 0.29) is 36.7 Å². The summed E-state index contributed by atoms with van der Waals surface area (Å²) < 4.78 is 37.1. The molecule has 3 saturated heterocycles. The number of methoxy groups -OCH3 is 2. The van der Waals surface area contributed by atoms with Crippen LogP contribution in [0.3, 0.4) is 0 Å². The molecule has 3 fully saturated rings. The van der Waals surface area contributed by atoms with E-state index >= 15 is 0 Å². The highest BCUT2D eigenvalue weighted by atomic mass is 19.1. The molecule has 3 aliphatic rings. The number of benzene rings is 2. The molecule has 2 aromatic rings. The summed E-state index contributed by atoms with van der Waals surface area (Å²) in [7, 11) is 3.15. The Balaban J connectivity index is 1.26. The lowest BCUT2D eigenvalue weighted by Crippen LogP contribution is -2.55. The zero-order chi connectivity index (χ0) is 25.1. The average molecular weight is 500 g/mol. The summed E-state index contributed by atoms with van der Waals surface area (Å²) in [4.78, 5) is 18.9. The number of amides is 1. The van der Waals surface area contributed by atoms with Gasteiger partial charge in [0.05, 0.1) is 12.3 Å². The lowest BCUT2D eigenvalue weighted by atomic mass is 10.1. The molecule has 9 heteroatoms. The second kappa shape index (κ2) is 11.0. The molecule has 0 saturated carbocycles. The molecule has 2 bridgehead atoms. The Labute approximate surface area is 211 Å². The minimum absolute atomic E-state index is 0.176. The van der Waals surface area contributed by atoms with Gasteiger partial charge in [-0.2, -0.15) is 0 Å². The third-order valence-electron chi connectivity index (χ3n) is 7.38. The van der Waals surface area contributed by atoms with Gasteiger partial charge in [-0.15, -0.1) is 0 Å². The molecule has 0 aromatic heterocycles. The van der Waals surface area contributed by atoms with Gasteiger partial charge in [-0.1, -0.05) is 30.3 Å². The Morgan fingerprint density at radius 3 is 2.47 bits per heavy atom. The molecular weight excluding hydrogens is 465 g/mol. The van der Waals surface area contributed by atoms with Crippen molar-refractivity contribution in [2.24, 2.45) is 0 Å². The molecule has 2 aromatic carbocycles. The van der Waals surface area contributed by atoms with Crippen molar-refractivity contribution >= 4 is 17.5 Å². The average Bonchev–Trinajstić information content (AvgIpc) is 3.17. The SMILES string of the molecule is COC(OC)[C@@H]1CN(c2cc(N3C4CCC3CN(C(=O)OCc3ccccc3)C4)ccc2F)CCO1. The first-order valence-electron chi connectivity index (χ1n) is 12.5. The van der Waals surface area contributed by atoms with Crippen molar-refractivity contribution in [2.45, 2.75) is 43.9 Å². The zero-order valence-electron chi connectivity index (χ0n) is 20.8. The summed E-state index contributed by atoms with van der Waals surface area (Å²) in [5.74, 6) is -0.263. The summed E-state index contributed by atoms with van der Waals surface area (Å²) in [5, 5.41) is 0. The highest BCUT2D eigenvalue weighted by molar-refractivity contribution is 5.69. The molecule has 8 nitrogen and oxygen atoms in total. The molecule has 36 heavy (non-hydrogen) atoms. The quantitative estimate of drug-likeness (QED) is 0.539. The zero-order valence-corrected chi connectivity index (χ0v) is 20.8. The molecule has 0 spiro atoms. The van der Waals surface area contributed by atoms with Gasteiger partial charge in [0.15, 0.2) is 6.29 Å². The number of halogens is 1. The Morgan fingerprint density at radius 1 is 1.06 bits per heavy atom. The van der Waals surface area contributed by atoms with Gasteiger partial charge in [-0.3, -0.25) is 0 Å². The summed E-state index contributed by atoms with van der Waals surface area (Å²) in [6, 6.07) is 15.4. The summed E-state index contributed by atoms with van der Waals surface area (Å²) in [6.45, 7) is 2.99. The van der Waals surface area contributed by atoms with Crippen LogP contribution in [0.15, 0.2) is 48.5 Å². The van der Waals surface area contributed by atoms with Crippen LogP contribution in [0.4, 0.5) is 20.6 Å². The number of hydrogen-bond donors (Lipinski definition) is 0. The second-order valence-corrected chi connectivity index (χ2v) is 9.57. The number of anilines is 2. The first-order valence-corrected chi connectivity index (χ1v) is 12.5. The number of carbonyl (C=O) groups is 1. The van der Waals surface area contributed by atoms with E-state index in [1.807, 2.05) is 52.3 Å². The molecule has 3 atom stereocenters. The van der Waals surface area contributed by atoms with Gasteiger partial charge in [-0.25, -0.2) is 9.18 Å². The lowest BCUT2D eigenvalue weighted by Gasteiger charge is -2.42. The number of hydrogen-bond acceptors (Lipinski definition) is 7. The van der Waals surface area contributed by atoms with Crippen LogP contribution in [0.2, 0.25) is 0 Å². The Bertz CT molecular complexity index is 1020. The second-order valence-electron chi connectivity index (χ2n) is 9.57. The van der Waals surface area contributed by atoms with Crippen LogP contribution in [-0.4, -0.2) is 82.5 Å². The van der Waals surface area contributed by atoms with Gasteiger partial charge in [0.2, 0.25) is 0 Å². The topological polar surface area (TPSA) is 63.7 Å². The number of morpholine rings is 1. The van der Waals surface area contributed by atoms with Crippen molar-refractivity contribution in [3.63, 3.8) is 0 Å². The first kappa shape index (κ1) is 24.8. The number of likely N-dealkylation sites (tertiary alicyclic amines) is 1. The monoisotopic (exact) mass is 499 g/mol. The normalized spacial score (nSPS) is 23.9. The van der Waals surface area contributed by atoms with Crippen LogP contribution >= 0.6 is 0 Å². The third kappa shape index (κ3) is 5.14. The van der Waals surface area contributed by atoms with Gasteiger partial charge < -0.3 is 33.6 Å². The van der Waals surface area contributed by atoms with Crippen molar-refractivity contribution < 1.29 is 28.1 Å². The number of rotatable bonds is 7. The smallest absolute Gasteiger partial charge is 0.410 e. The summed E-state index contributed by atoms with van der Waals surface area (Å²) >= 11 is 0. The molecule has 0 radical (unpaired) electrons. The van der Waals surface area contributed by atoms with E-state index < -0.39 is 6.29 Å². The third-order valence-corrected chi connectivity index (χ3v) is 7.38. The van der Waals surface area contributed by atoms with Crippen LogP contribution in [-0.2, 0) is 25.6 Å². The van der Waals surface area contributed by atoms with Crippen molar-refractivity contribution in [2.75, 3.05) is 56.8 Å². The molecule has 1 amide bonds. The maximum Gasteiger partial charge on any atom is 0.410 e. The Kier molecular flexibility index (Phi) is 7.59. The number of piperazine rings is 1. The van der Waals surface area contributed by atoms with E-state index in [4.69, 9.17) is 18.9 Å². The van der Waals surface area contributed by atoms with Crippen LogP contribution in [0.1, 0.15) is 18.4 Å². The maximum atomic E-state index is 15.0. The molecule has 0 aliphatic carbocycles. The first-order chi connectivity index (χ1) is 17.6. The van der Waals surface area contributed by atoms with E-state index in [1.54, 1.807) is 20.3 Å². The van der Waals surface area contributed by atoms with Gasteiger partial charge >= 0.3 is 6.09 Å². The van der Waals surface area contributed by atoms with E-state index in [0.717, 1.165) is 24.1 Å². The predicted octanol–water partition coefficient (Wildman–Crippen LogP) is 3.64. The Hall–Kier alpha value is -2.88. The van der Waals surface area contributed by atoms with Crippen molar-refractivity contribution in [1.82, 2.24) is 4.90 Å². The molecule has 194 valence electrons. The summed E-state index contributed by atoms with van der Waals surface area (Å²) in [5.41, 5.74) is 2.50. The largest absolute Gasteiger partial charge is 0.445 e. The molecule has 2 unspecified atom stereocenters. The van der Waals surface area contributed by atoms with Gasteiger partial charge in [0.25, 0.3) is 0 Å². The molecular formula is C27H34FN3O5. The van der Waals surface area contributed by atoms with Gasteiger partial charge in [-0.05, 0) is 36.6 Å². The van der Waals surface area contributed by atoms with E-state index in [2.05, 4.69) is 4.90 Å². The fourth-order valence-corrected chi connectivity index (χ4v) is 5.65. The highest BCUT2D eigenvalue weighted by Crippen LogP contribution is 2.37. The minimum atomic E-state index is -0.510. The lowest BCUT2D eigenvalue weighted by molar-refractivity contribution is -0.182. The molecule has 3 heterocycles. The molecule has 0 N–H and O–H groups in total. The van der Waals surface area contributed by atoms with E-state index in [1.165, 1.54) is 0 Å². The fourth-order valence-electron chi connectivity index (χ4n) is 5.65. The Morgan fingerprint density at radius 2 is 1.78 bits per heavy atom. The van der Waals surface area contributed by atoms with E-state index in [9.17, 15) is 9.18 Å². The van der Waals surface area contributed by atoms with Crippen molar-refractivity contribution in [1.29, 1.82) is 0 Å². The standard InChI is InChI=1S/C27H34FN3O5/c1-33-26(34-2)25-17-29(12-13-35-25)24-14-20(10-11-23(24)28)31-21-8-9-22(31)16-30(15-21)27(32)36-18-19-6-4-3-5-7-19/h3-7,10-11,14,21-22,25-26H,8-9,12-13,15-18H2,1-2H3/t21?,22?,25-/m0/s1. The van der Waals surface area contributed by atoms with Crippen LogP contribution in [0.25, 0.3) is 0 Å². The number of carbonyl (C=O) groups excluding carboxylic acids is 1. The highest BCUT2D eigenvalue weighted by Gasteiger charge is 2.42. The van der Waals surface area contributed by atoms with E-state index in [0.29, 0.717) is 38.5 Å². The molecule has 3 aliphatic heterocycles. The summed E-state index contributed by atoms with van der Waals surface area (Å²) in [6.07, 6.45) is 0.884. The predicted molar refractivity (Wildman–Crippen MR) is 134 cm³/mol. The van der Waals surface area contributed by atoms with Gasteiger partial charge in [0, 0.05) is 58.2 Å². The number of nitrogens with zero attached hydrogens (tertiary/aromatic N) is 3. The minimum Gasteiger partial charge on any atom is -0.445 e. The van der Waals surface area contributed by atoms with Crippen LogP contribution < -0.4 is 9.80 Å². The van der Waals surface area contributed by atoms with Gasteiger partial charge in [0.1, 0.15) is 18.5 Å². The van der Waals surface area contributed by atoms with Crippen LogP contribution in [0, 0.1) is 5.82 Å².